The van der Waals surface area contributed by atoms with Crippen LogP contribution in [-0.4, -0.2) is 28.9 Å². The van der Waals surface area contributed by atoms with Gasteiger partial charge in [0.1, 0.15) is 11.5 Å². The molecule has 1 aliphatic rings. The fraction of sp³-hybridized carbons (Fsp3) is 0.412. The molecular weight excluding hydrogens is 262 g/mol. The summed E-state index contributed by atoms with van der Waals surface area (Å²) in [6, 6.07) is 9.60. The molecular formula is C17H21N3O. The van der Waals surface area contributed by atoms with E-state index in [9.17, 15) is 4.79 Å². The van der Waals surface area contributed by atoms with Crippen LogP contribution < -0.4 is 5.73 Å². The van der Waals surface area contributed by atoms with Crippen LogP contribution in [0.4, 0.5) is 5.82 Å². The first kappa shape index (κ1) is 13.9. The fourth-order valence-corrected chi connectivity index (χ4v) is 2.81. The first-order valence-corrected chi connectivity index (χ1v) is 7.41. The second-order valence-electron chi connectivity index (χ2n) is 6.57. The van der Waals surface area contributed by atoms with Crippen molar-refractivity contribution in [2.45, 2.75) is 26.7 Å². The molecule has 4 heteroatoms. The largest absolute Gasteiger partial charge is 0.383 e. The van der Waals surface area contributed by atoms with Gasteiger partial charge < -0.3 is 10.6 Å². The Morgan fingerprint density at radius 2 is 1.90 bits per heavy atom. The van der Waals surface area contributed by atoms with Crippen molar-refractivity contribution in [3.8, 4) is 0 Å². The highest BCUT2D eigenvalue weighted by Crippen LogP contribution is 2.30. The Hall–Kier alpha value is -2.10. The van der Waals surface area contributed by atoms with Crippen molar-refractivity contribution < 1.29 is 4.79 Å². The number of piperidine rings is 1. The molecule has 2 heterocycles. The van der Waals surface area contributed by atoms with Crippen molar-refractivity contribution in [1.82, 2.24) is 9.88 Å². The molecule has 0 saturated carbocycles. The van der Waals surface area contributed by atoms with Gasteiger partial charge in [-0.05, 0) is 29.7 Å². The number of benzene rings is 1. The minimum absolute atomic E-state index is 0.0112. The number of amides is 1. The van der Waals surface area contributed by atoms with E-state index in [1.54, 1.807) is 0 Å². The summed E-state index contributed by atoms with van der Waals surface area (Å²) < 4.78 is 0. The highest BCUT2D eigenvalue weighted by atomic mass is 16.2. The maximum atomic E-state index is 12.6. The summed E-state index contributed by atoms with van der Waals surface area (Å²) in [5.74, 6) is 0.414. The van der Waals surface area contributed by atoms with Crippen molar-refractivity contribution in [2.24, 2.45) is 5.41 Å². The van der Waals surface area contributed by atoms with Gasteiger partial charge in [0.15, 0.2) is 0 Å². The predicted molar refractivity (Wildman–Crippen MR) is 85.1 cm³/mol. The fourth-order valence-electron chi connectivity index (χ4n) is 2.81. The van der Waals surface area contributed by atoms with Crippen LogP contribution in [0.25, 0.3) is 10.8 Å². The van der Waals surface area contributed by atoms with Gasteiger partial charge in [0.05, 0.1) is 0 Å². The predicted octanol–water partition coefficient (Wildman–Crippen LogP) is 3.08. The van der Waals surface area contributed by atoms with Gasteiger partial charge >= 0.3 is 0 Å². The number of hydrogen-bond donors (Lipinski definition) is 1. The molecule has 1 amide bonds. The Bertz CT molecular complexity index is 683. The van der Waals surface area contributed by atoms with E-state index < -0.39 is 0 Å². The number of hydrogen-bond acceptors (Lipinski definition) is 3. The lowest BCUT2D eigenvalue weighted by molar-refractivity contribution is 0.0625. The Morgan fingerprint density at radius 3 is 2.62 bits per heavy atom. The first-order chi connectivity index (χ1) is 9.96. The number of nitrogen functional groups attached to an aromatic ring is 1. The molecule has 0 spiro atoms. The molecule has 1 aliphatic heterocycles. The van der Waals surface area contributed by atoms with E-state index in [-0.39, 0.29) is 5.91 Å². The summed E-state index contributed by atoms with van der Waals surface area (Å²) >= 11 is 0. The van der Waals surface area contributed by atoms with E-state index in [2.05, 4.69) is 18.8 Å². The van der Waals surface area contributed by atoms with Gasteiger partial charge in [-0.15, -0.1) is 0 Å². The van der Waals surface area contributed by atoms with Crippen molar-refractivity contribution in [3.63, 3.8) is 0 Å². The number of nitrogens with two attached hydrogens (primary N) is 1. The number of pyridine rings is 1. The molecule has 0 atom stereocenters. The van der Waals surface area contributed by atoms with Gasteiger partial charge in [0.2, 0.25) is 0 Å². The molecule has 21 heavy (non-hydrogen) atoms. The van der Waals surface area contributed by atoms with Crippen LogP contribution in [0.5, 0.6) is 0 Å². The lowest BCUT2D eigenvalue weighted by Gasteiger charge is -2.36. The Morgan fingerprint density at radius 1 is 1.24 bits per heavy atom. The Kier molecular flexibility index (Phi) is 3.32. The topological polar surface area (TPSA) is 59.2 Å². The van der Waals surface area contributed by atoms with Crippen LogP contribution in [0.3, 0.4) is 0 Å². The van der Waals surface area contributed by atoms with Crippen molar-refractivity contribution in [1.29, 1.82) is 0 Å². The number of rotatable bonds is 1. The van der Waals surface area contributed by atoms with Crippen molar-refractivity contribution >= 4 is 22.5 Å². The molecule has 0 aliphatic carbocycles. The van der Waals surface area contributed by atoms with Crippen LogP contribution in [-0.2, 0) is 0 Å². The van der Waals surface area contributed by atoms with Gasteiger partial charge in [-0.2, -0.15) is 0 Å². The van der Waals surface area contributed by atoms with E-state index in [0.29, 0.717) is 16.9 Å². The average Bonchev–Trinajstić information content (AvgIpc) is 2.46. The molecule has 1 aromatic heterocycles. The standard InChI is InChI=1S/C17H21N3O/c1-17(2)7-9-20(10-8-17)16(21)14-11-12-5-3-4-6-13(12)15(18)19-14/h3-6,11H,7-10H2,1-2H3,(H2,18,19). The number of aromatic nitrogens is 1. The van der Waals surface area contributed by atoms with E-state index >= 15 is 0 Å². The molecule has 1 saturated heterocycles. The zero-order valence-electron chi connectivity index (χ0n) is 12.6. The monoisotopic (exact) mass is 283 g/mol. The van der Waals surface area contributed by atoms with Crippen molar-refractivity contribution in [2.75, 3.05) is 18.8 Å². The highest BCUT2D eigenvalue weighted by molar-refractivity contribution is 5.99. The van der Waals surface area contributed by atoms with Crippen LogP contribution in [0, 0.1) is 5.41 Å². The second kappa shape index (κ2) is 5.02. The van der Waals surface area contributed by atoms with Gasteiger partial charge in [-0.3, -0.25) is 4.79 Å². The molecule has 0 unspecified atom stereocenters. The number of nitrogens with zero attached hydrogens (tertiary/aromatic N) is 2. The maximum Gasteiger partial charge on any atom is 0.272 e. The molecule has 3 rings (SSSR count). The normalized spacial score (nSPS) is 17.9. The summed E-state index contributed by atoms with van der Waals surface area (Å²) in [6.45, 7) is 6.09. The van der Waals surface area contributed by atoms with Crippen LogP contribution >= 0.6 is 0 Å². The third kappa shape index (κ3) is 2.71. The first-order valence-electron chi connectivity index (χ1n) is 7.41. The van der Waals surface area contributed by atoms with Gasteiger partial charge in [-0.25, -0.2) is 4.98 Å². The minimum Gasteiger partial charge on any atom is -0.383 e. The van der Waals surface area contributed by atoms with E-state index in [1.807, 2.05) is 35.2 Å². The van der Waals surface area contributed by atoms with Gasteiger partial charge in [0.25, 0.3) is 5.91 Å². The van der Waals surface area contributed by atoms with Gasteiger partial charge in [0, 0.05) is 18.5 Å². The molecule has 2 N–H and O–H groups in total. The molecule has 1 fully saturated rings. The van der Waals surface area contributed by atoms with Crippen LogP contribution in [0.2, 0.25) is 0 Å². The minimum atomic E-state index is -0.0112. The third-order valence-corrected chi connectivity index (χ3v) is 4.39. The average molecular weight is 283 g/mol. The molecule has 1 aromatic carbocycles. The van der Waals surface area contributed by atoms with E-state index in [1.165, 1.54) is 0 Å². The summed E-state index contributed by atoms with van der Waals surface area (Å²) in [5.41, 5.74) is 6.76. The van der Waals surface area contributed by atoms with E-state index in [0.717, 1.165) is 36.7 Å². The summed E-state index contributed by atoms with van der Waals surface area (Å²) in [4.78, 5) is 18.8. The summed E-state index contributed by atoms with van der Waals surface area (Å²) in [5, 5.41) is 1.86. The lowest BCUT2D eigenvalue weighted by atomic mass is 9.82. The molecule has 0 radical (unpaired) electrons. The molecule has 4 nitrogen and oxygen atoms in total. The number of carbonyl (C=O) groups is 1. The Balaban J connectivity index is 1.88. The lowest BCUT2D eigenvalue weighted by Crippen LogP contribution is -2.41. The zero-order chi connectivity index (χ0) is 15.0. The molecule has 0 bridgehead atoms. The van der Waals surface area contributed by atoms with E-state index in [4.69, 9.17) is 5.73 Å². The van der Waals surface area contributed by atoms with Crippen LogP contribution in [0.15, 0.2) is 30.3 Å². The number of likely N-dealkylation sites (tertiary alicyclic amines) is 1. The number of fused-ring (bicyclic) bond motifs is 1. The summed E-state index contributed by atoms with van der Waals surface area (Å²) in [6.07, 6.45) is 2.06. The maximum absolute atomic E-state index is 12.6. The zero-order valence-corrected chi connectivity index (χ0v) is 12.6. The second-order valence-corrected chi connectivity index (χ2v) is 6.57. The van der Waals surface area contributed by atoms with Crippen molar-refractivity contribution in [3.05, 3.63) is 36.0 Å². The van der Waals surface area contributed by atoms with Crippen LogP contribution in [0.1, 0.15) is 37.2 Å². The van der Waals surface area contributed by atoms with Gasteiger partial charge in [-0.1, -0.05) is 38.1 Å². The molecule has 2 aromatic rings. The number of carbonyl (C=O) groups excluding carboxylic acids is 1. The third-order valence-electron chi connectivity index (χ3n) is 4.39. The quantitative estimate of drug-likeness (QED) is 0.875. The Labute approximate surface area is 125 Å². The highest BCUT2D eigenvalue weighted by Gasteiger charge is 2.29. The summed E-state index contributed by atoms with van der Waals surface area (Å²) in [7, 11) is 0. The smallest absolute Gasteiger partial charge is 0.272 e. The molecule has 110 valence electrons. The SMILES string of the molecule is CC1(C)CCN(C(=O)c2cc3ccccc3c(N)n2)CC1. The number of anilines is 1.